The van der Waals surface area contributed by atoms with E-state index in [1.165, 1.54) is 0 Å². The molecule has 8 nitrogen and oxygen atoms in total. The molecule has 5 atom stereocenters. The number of amides is 1. The second kappa shape index (κ2) is 9.49. The molecule has 1 amide bonds. The van der Waals surface area contributed by atoms with Crippen LogP contribution in [-0.2, 0) is 20.8 Å². The molecule has 3 aliphatic rings. The first-order valence-corrected chi connectivity index (χ1v) is 10.6. The van der Waals surface area contributed by atoms with E-state index in [9.17, 15) is 9.90 Å². The Labute approximate surface area is 172 Å². The molecule has 0 unspecified atom stereocenters. The summed E-state index contributed by atoms with van der Waals surface area (Å²) in [5.74, 6) is -0.0613. The Bertz CT molecular complexity index is 668. The van der Waals surface area contributed by atoms with Gasteiger partial charge in [0.05, 0.1) is 24.7 Å². The molecule has 0 aliphatic carbocycles. The van der Waals surface area contributed by atoms with Crippen LogP contribution in [0.15, 0.2) is 24.5 Å². The molecule has 4 rings (SSSR count). The number of nitrogens with one attached hydrogen (secondary N) is 2. The number of hydrogen-bond acceptors (Lipinski definition) is 7. The monoisotopic (exact) mass is 404 g/mol. The summed E-state index contributed by atoms with van der Waals surface area (Å²) in [5.41, 5.74) is 0.962. The van der Waals surface area contributed by atoms with Gasteiger partial charge in [0.25, 0.3) is 0 Å². The number of carbonyl (C=O) groups is 1. The van der Waals surface area contributed by atoms with E-state index in [0.29, 0.717) is 25.6 Å². The molecule has 160 valence electrons. The number of piperidine rings is 1. The fourth-order valence-corrected chi connectivity index (χ4v) is 4.49. The van der Waals surface area contributed by atoms with Crippen LogP contribution in [0.3, 0.4) is 0 Å². The van der Waals surface area contributed by atoms with Crippen LogP contribution >= 0.6 is 0 Å². The summed E-state index contributed by atoms with van der Waals surface area (Å²) in [6.45, 7) is 3.30. The summed E-state index contributed by atoms with van der Waals surface area (Å²) in [6, 6.07) is 4.26. The summed E-state index contributed by atoms with van der Waals surface area (Å²) < 4.78 is 12.0. The first kappa shape index (κ1) is 20.7. The molecule has 0 bridgehead atoms. The van der Waals surface area contributed by atoms with Crippen molar-refractivity contribution in [3.05, 3.63) is 30.1 Å². The van der Waals surface area contributed by atoms with E-state index in [-0.39, 0.29) is 36.7 Å². The Kier molecular flexibility index (Phi) is 6.77. The van der Waals surface area contributed by atoms with E-state index < -0.39 is 6.10 Å². The minimum absolute atomic E-state index is 0.0613. The van der Waals surface area contributed by atoms with Crippen LogP contribution in [0.4, 0.5) is 0 Å². The number of pyridine rings is 1. The van der Waals surface area contributed by atoms with Gasteiger partial charge in [-0.3, -0.25) is 9.78 Å². The molecule has 0 radical (unpaired) electrons. The van der Waals surface area contributed by atoms with Crippen molar-refractivity contribution >= 4 is 5.91 Å². The third-order valence-corrected chi connectivity index (χ3v) is 6.23. The Morgan fingerprint density at radius 3 is 2.90 bits per heavy atom. The third kappa shape index (κ3) is 5.32. The summed E-state index contributed by atoms with van der Waals surface area (Å²) in [4.78, 5) is 18.6. The lowest BCUT2D eigenvalue weighted by Crippen LogP contribution is -2.46. The standard InChI is InChI=1S/C21H32N4O4/c1-25-7-4-15(5-8-25)23-13-18-20(27)21-17(29-18)9-16(28-21)10-19(26)24-12-14-3-2-6-22-11-14/h2-3,6,11,15-18,20-21,23,27H,4-5,7-10,12-13H2,1H3,(H,24,26)/t16-,17+,18+,20+,21-/m0/s1. The highest BCUT2D eigenvalue weighted by Crippen LogP contribution is 2.35. The number of likely N-dealkylation sites (tertiary alicyclic amines) is 1. The van der Waals surface area contributed by atoms with Crippen LogP contribution in [0.5, 0.6) is 0 Å². The first-order chi connectivity index (χ1) is 14.1. The maximum absolute atomic E-state index is 12.2. The Hall–Kier alpha value is -1.58. The maximum Gasteiger partial charge on any atom is 0.222 e. The Balaban J connectivity index is 1.17. The SMILES string of the molecule is CN1CCC(NC[C@H]2O[C@@H]3C[C@@H](CC(=O)NCc4cccnc4)O[C@@H]3[C@@H]2O)CC1. The summed E-state index contributed by atoms with van der Waals surface area (Å²) in [6.07, 6.45) is 5.04. The maximum atomic E-state index is 12.2. The van der Waals surface area contributed by atoms with Gasteiger partial charge in [0.1, 0.15) is 12.2 Å². The van der Waals surface area contributed by atoms with Crippen molar-refractivity contribution in [3.63, 3.8) is 0 Å². The van der Waals surface area contributed by atoms with Gasteiger partial charge < -0.3 is 30.1 Å². The zero-order valence-corrected chi connectivity index (χ0v) is 17.0. The smallest absolute Gasteiger partial charge is 0.222 e. The van der Waals surface area contributed by atoms with Crippen molar-refractivity contribution in [2.45, 2.75) is 68.8 Å². The fourth-order valence-electron chi connectivity index (χ4n) is 4.49. The second-order valence-electron chi connectivity index (χ2n) is 8.49. The summed E-state index contributed by atoms with van der Waals surface area (Å²) in [5, 5.41) is 17.1. The van der Waals surface area contributed by atoms with Crippen LogP contribution in [-0.4, -0.2) is 84.1 Å². The minimum Gasteiger partial charge on any atom is -0.388 e. The van der Waals surface area contributed by atoms with Gasteiger partial charge in [-0.05, 0) is 44.6 Å². The van der Waals surface area contributed by atoms with Crippen molar-refractivity contribution in [3.8, 4) is 0 Å². The quantitative estimate of drug-likeness (QED) is 0.591. The van der Waals surface area contributed by atoms with Crippen molar-refractivity contribution < 1.29 is 19.4 Å². The predicted octanol–water partition coefficient (Wildman–Crippen LogP) is 0.0575. The van der Waals surface area contributed by atoms with E-state index in [1.807, 2.05) is 12.1 Å². The number of rotatable bonds is 7. The zero-order valence-electron chi connectivity index (χ0n) is 17.0. The molecule has 0 spiro atoms. The topological polar surface area (TPSA) is 96.0 Å². The minimum atomic E-state index is -0.651. The highest BCUT2D eigenvalue weighted by molar-refractivity contribution is 5.76. The molecule has 0 saturated carbocycles. The van der Waals surface area contributed by atoms with Crippen molar-refractivity contribution in [1.82, 2.24) is 20.5 Å². The molecular weight excluding hydrogens is 372 g/mol. The molecule has 1 aromatic heterocycles. The Morgan fingerprint density at radius 1 is 1.34 bits per heavy atom. The van der Waals surface area contributed by atoms with Gasteiger partial charge in [-0.1, -0.05) is 6.07 Å². The van der Waals surface area contributed by atoms with Crippen LogP contribution in [0, 0.1) is 0 Å². The van der Waals surface area contributed by atoms with Gasteiger partial charge in [-0.2, -0.15) is 0 Å². The predicted molar refractivity (Wildman–Crippen MR) is 107 cm³/mol. The van der Waals surface area contributed by atoms with E-state index in [4.69, 9.17) is 9.47 Å². The average molecular weight is 405 g/mol. The third-order valence-electron chi connectivity index (χ3n) is 6.23. The highest BCUT2D eigenvalue weighted by atomic mass is 16.6. The van der Waals surface area contributed by atoms with E-state index in [2.05, 4.69) is 27.6 Å². The molecule has 3 fully saturated rings. The number of nitrogens with zero attached hydrogens (tertiary/aromatic N) is 2. The van der Waals surface area contributed by atoms with Gasteiger partial charge in [-0.25, -0.2) is 0 Å². The largest absolute Gasteiger partial charge is 0.388 e. The molecule has 0 aromatic carbocycles. The number of aliphatic hydroxyl groups excluding tert-OH is 1. The van der Waals surface area contributed by atoms with Gasteiger partial charge in [-0.15, -0.1) is 0 Å². The molecule has 1 aromatic rings. The van der Waals surface area contributed by atoms with Crippen LogP contribution < -0.4 is 10.6 Å². The van der Waals surface area contributed by atoms with E-state index in [1.54, 1.807) is 12.4 Å². The molecule has 8 heteroatoms. The average Bonchev–Trinajstić information content (AvgIpc) is 3.25. The lowest BCUT2D eigenvalue weighted by Gasteiger charge is -2.30. The van der Waals surface area contributed by atoms with Gasteiger partial charge in [0, 0.05) is 37.9 Å². The number of ether oxygens (including phenoxy) is 2. The number of carbonyl (C=O) groups excluding carboxylic acids is 1. The lowest BCUT2D eigenvalue weighted by atomic mass is 10.0. The molecular formula is C21H32N4O4. The molecule has 3 N–H and O–H groups in total. The highest BCUT2D eigenvalue weighted by Gasteiger charge is 2.50. The molecule has 29 heavy (non-hydrogen) atoms. The molecule has 3 saturated heterocycles. The molecule has 4 heterocycles. The van der Waals surface area contributed by atoms with Crippen LogP contribution in [0.2, 0.25) is 0 Å². The number of aliphatic hydroxyl groups is 1. The normalized spacial score (nSPS) is 33.0. The lowest BCUT2D eigenvalue weighted by molar-refractivity contribution is -0.124. The first-order valence-electron chi connectivity index (χ1n) is 10.6. The van der Waals surface area contributed by atoms with Crippen molar-refractivity contribution in [1.29, 1.82) is 0 Å². The number of aromatic nitrogens is 1. The number of hydrogen-bond donors (Lipinski definition) is 3. The van der Waals surface area contributed by atoms with E-state index in [0.717, 1.165) is 31.5 Å². The Morgan fingerprint density at radius 2 is 2.17 bits per heavy atom. The van der Waals surface area contributed by atoms with Gasteiger partial charge in [0.2, 0.25) is 5.91 Å². The summed E-state index contributed by atoms with van der Waals surface area (Å²) >= 11 is 0. The van der Waals surface area contributed by atoms with Crippen LogP contribution in [0.25, 0.3) is 0 Å². The van der Waals surface area contributed by atoms with E-state index >= 15 is 0 Å². The van der Waals surface area contributed by atoms with Crippen molar-refractivity contribution in [2.24, 2.45) is 0 Å². The van der Waals surface area contributed by atoms with Crippen LogP contribution in [0.1, 0.15) is 31.2 Å². The summed E-state index contributed by atoms with van der Waals surface area (Å²) in [7, 11) is 2.15. The zero-order chi connectivity index (χ0) is 20.2. The molecule has 3 aliphatic heterocycles. The fraction of sp³-hybridized carbons (Fsp3) is 0.714. The van der Waals surface area contributed by atoms with Gasteiger partial charge in [0.15, 0.2) is 0 Å². The second-order valence-corrected chi connectivity index (χ2v) is 8.49. The van der Waals surface area contributed by atoms with Gasteiger partial charge >= 0.3 is 0 Å². The number of fused-ring (bicyclic) bond motifs is 1. The van der Waals surface area contributed by atoms with Crippen molar-refractivity contribution in [2.75, 3.05) is 26.7 Å².